The molecular weight excluding hydrogens is 324 g/mol. The molecule has 0 saturated heterocycles. The minimum atomic E-state index is -0.626. The fraction of sp³-hybridized carbons (Fsp3) is 0.118. The molecule has 1 amide bonds. The number of ether oxygens (including phenoxy) is 1. The first kappa shape index (κ1) is 15.9. The van der Waals surface area contributed by atoms with Crippen LogP contribution in [0.3, 0.4) is 0 Å². The zero-order chi connectivity index (χ0) is 16.9. The van der Waals surface area contributed by atoms with Gasteiger partial charge in [-0.3, -0.25) is 5.32 Å². The van der Waals surface area contributed by atoms with Crippen molar-refractivity contribution in [3.63, 3.8) is 0 Å². The highest BCUT2D eigenvalue weighted by Crippen LogP contribution is 2.26. The second-order valence-electron chi connectivity index (χ2n) is 5.10. The van der Waals surface area contributed by atoms with Gasteiger partial charge in [0.1, 0.15) is 5.69 Å². The number of nitrogens with zero attached hydrogens (tertiary/aromatic N) is 2. The molecule has 0 aliphatic heterocycles. The summed E-state index contributed by atoms with van der Waals surface area (Å²) in [5.41, 5.74) is 3.08. The maximum absolute atomic E-state index is 12.1. The van der Waals surface area contributed by atoms with Crippen molar-refractivity contribution in [2.24, 2.45) is 0 Å². The molecule has 3 aromatic rings. The van der Waals surface area contributed by atoms with Gasteiger partial charge in [0.2, 0.25) is 5.88 Å². The molecule has 2 aromatic heterocycles. The molecule has 7 heteroatoms. The van der Waals surface area contributed by atoms with Gasteiger partial charge in [-0.25, -0.2) is 14.8 Å². The Hall–Kier alpha value is -2.93. The average molecular weight is 340 g/mol. The summed E-state index contributed by atoms with van der Waals surface area (Å²) in [6.45, 7) is 3.69. The van der Waals surface area contributed by atoms with E-state index in [0.29, 0.717) is 10.8 Å². The van der Waals surface area contributed by atoms with Crippen molar-refractivity contribution in [3.8, 4) is 5.88 Å². The summed E-state index contributed by atoms with van der Waals surface area (Å²) >= 11 is 1.34. The number of benzene rings is 1. The molecule has 0 bridgehead atoms. The van der Waals surface area contributed by atoms with Crippen LogP contribution >= 0.6 is 11.3 Å². The Kier molecular flexibility index (Phi) is 4.72. The molecule has 0 spiro atoms. The Balaban J connectivity index is 1.76. The van der Waals surface area contributed by atoms with Crippen LogP contribution in [-0.2, 0) is 0 Å². The third-order valence-electron chi connectivity index (χ3n) is 3.07. The first-order valence-electron chi connectivity index (χ1n) is 7.31. The summed E-state index contributed by atoms with van der Waals surface area (Å²) in [5, 5.41) is 8.13. The number of carbonyl (C=O) groups excluding carboxylic acids is 1. The van der Waals surface area contributed by atoms with Crippen molar-refractivity contribution >= 4 is 33.9 Å². The van der Waals surface area contributed by atoms with Crippen LogP contribution in [0.5, 0.6) is 5.88 Å². The monoisotopic (exact) mass is 340 g/mol. The minimum Gasteiger partial charge on any atom is -0.389 e. The van der Waals surface area contributed by atoms with Crippen molar-refractivity contribution in [2.75, 3.05) is 10.6 Å². The number of pyridine rings is 1. The van der Waals surface area contributed by atoms with E-state index in [-0.39, 0.29) is 5.88 Å². The summed E-state index contributed by atoms with van der Waals surface area (Å²) in [4.78, 5) is 20.5. The lowest BCUT2D eigenvalue weighted by atomic mass is 10.3. The van der Waals surface area contributed by atoms with E-state index in [4.69, 9.17) is 4.74 Å². The molecule has 6 nitrogen and oxygen atoms in total. The summed E-state index contributed by atoms with van der Waals surface area (Å²) in [6.07, 6.45) is -0.626. The van der Waals surface area contributed by atoms with Crippen LogP contribution in [0, 0.1) is 13.8 Å². The first-order chi connectivity index (χ1) is 11.6. The van der Waals surface area contributed by atoms with Gasteiger partial charge in [-0.15, -0.1) is 11.3 Å². The van der Waals surface area contributed by atoms with Crippen molar-refractivity contribution in [1.29, 1.82) is 0 Å². The Morgan fingerprint density at radius 3 is 2.54 bits per heavy atom. The first-order valence-corrected chi connectivity index (χ1v) is 8.19. The third-order valence-corrected chi connectivity index (χ3v) is 3.95. The molecule has 0 saturated carbocycles. The highest BCUT2D eigenvalue weighted by Gasteiger charge is 2.13. The van der Waals surface area contributed by atoms with Crippen LogP contribution in [0.2, 0.25) is 0 Å². The van der Waals surface area contributed by atoms with E-state index in [9.17, 15) is 4.79 Å². The Morgan fingerprint density at radius 2 is 1.83 bits per heavy atom. The van der Waals surface area contributed by atoms with E-state index in [1.807, 2.05) is 61.7 Å². The lowest BCUT2D eigenvalue weighted by molar-refractivity contribution is 0.213. The molecule has 2 N–H and O–H groups in total. The predicted octanol–water partition coefficient (Wildman–Crippen LogP) is 4.51. The van der Waals surface area contributed by atoms with Crippen molar-refractivity contribution in [2.45, 2.75) is 13.8 Å². The van der Waals surface area contributed by atoms with Gasteiger partial charge in [-0.05, 0) is 38.1 Å². The summed E-state index contributed by atoms with van der Waals surface area (Å²) in [6, 6.07) is 13.3. The maximum Gasteiger partial charge on any atom is 0.420 e. The van der Waals surface area contributed by atoms with Gasteiger partial charge in [-0.2, -0.15) is 0 Å². The number of nitrogens with one attached hydrogen (secondary N) is 2. The number of para-hydroxylation sites is 1. The van der Waals surface area contributed by atoms with Crippen molar-refractivity contribution in [3.05, 3.63) is 59.2 Å². The van der Waals surface area contributed by atoms with Gasteiger partial charge in [-0.1, -0.05) is 18.2 Å². The van der Waals surface area contributed by atoms with Crippen LogP contribution in [0.15, 0.2) is 47.8 Å². The van der Waals surface area contributed by atoms with E-state index < -0.39 is 6.09 Å². The molecule has 3 rings (SSSR count). The minimum absolute atomic E-state index is 0.213. The molecule has 0 atom stereocenters. The number of aromatic nitrogens is 2. The standard InChI is InChI=1S/C17H16N4O2S/c1-11-8-9-14(20-13-6-4-3-5-7-13)15(18-11)23-17(22)21-16-19-12(2)10-24-16/h3-10,20H,1-2H3,(H,19,21,22). The molecule has 0 aliphatic carbocycles. The lowest BCUT2D eigenvalue weighted by Gasteiger charge is -2.12. The second-order valence-corrected chi connectivity index (χ2v) is 5.96. The molecule has 0 fully saturated rings. The molecule has 0 radical (unpaired) electrons. The summed E-state index contributed by atoms with van der Waals surface area (Å²) < 4.78 is 5.35. The van der Waals surface area contributed by atoms with Crippen LogP contribution in [-0.4, -0.2) is 16.1 Å². The van der Waals surface area contributed by atoms with E-state index in [0.717, 1.165) is 17.1 Å². The van der Waals surface area contributed by atoms with Crippen LogP contribution in [0.1, 0.15) is 11.4 Å². The Bertz CT molecular complexity index is 849. The van der Waals surface area contributed by atoms with E-state index in [1.54, 1.807) is 0 Å². The van der Waals surface area contributed by atoms with E-state index in [1.165, 1.54) is 11.3 Å². The second kappa shape index (κ2) is 7.10. The van der Waals surface area contributed by atoms with Crippen LogP contribution in [0.25, 0.3) is 0 Å². The number of hydrogen-bond acceptors (Lipinski definition) is 6. The van der Waals surface area contributed by atoms with Gasteiger partial charge < -0.3 is 10.1 Å². The maximum atomic E-state index is 12.1. The fourth-order valence-electron chi connectivity index (χ4n) is 1.99. The van der Waals surface area contributed by atoms with Gasteiger partial charge in [0.25, 0.3) is 0 Å². The van der Waals surface area contributed by atoms with Gasteiger partial charge >= 0.3 is 6.09 Å². The highest BCUT2D eigenvalue weighted by atomic mass is 32.1. The number of aryl methyl sites for hydroxylation is 2. The SMILES string of the molecule is Cc1csc(NC(=O)Oc2nc(C)ccc2Nc2ccccc2)n1. The fourth-order valence-corrected chi connectivity index (χ4v) is 2.67. The van der Waals surface area contributed by atoms with E-state index in [2.05, 4.69) is 20.6 Å². The van der Waals surface area contributed by atoms with Gasteiger partial charge in [0.15, 0.2) is 5.13 Å². The largest absolute Gasteiger partial charge is 0.420 e. The zero-order valence-corrected chi connectivity index (χ0v) is 14.1. The highest BCUT2D eigenvalue weighted by molar-refractivity contribution is 7.13. The van der Waals surface area contributed by atoms with Gasteiger partial charge in [0.05, 0.1) is 5.69 Å². The quantitative estimate of drug-likeness (QED) is 0.731. The van der Waals surface area contributed by atoms with Crippen molar-refractivity contribution in [1.82, 2.24) is 9.97 Å². The molecular formula is C17H16N4O2S. The number of rotatable bonds is 4. The normalized spacial score (nSPS) is 10.2. The number of amides is 1. The van der Waals surface area contributed by atoms with Crippen LogP contribution in [0.4, 0.5) is 21.3 Å². The number of thiazole rings is 1. The third kappa shape index (κ3) is 4.08. The van der Waals surface area contributed by atoms with Crippen molar-refractivity contribution < 1.29 is 9.53 Å². The molecule has 1 aromatic carbocycles. The molecule has 0 unspecified atom stereocenters. The predicted molar refractivity (Wildman–Crippen MR) is 95.2 cm³/mol. The number of carbonyl (C=O) groups is 1. The van der Waals surface area contributed by atoms with E-state index >= 15 is 0 Å². The number of hydrogen-bond donors (Lipinski definition) is 2. The van der Waals surface area contributed by atoms with Gasteiger partial charge in [0, 0.05) is 16.8 Å². The Morgan fingerprint density at radius 1 is 1.04 bits per heavy atom. The molecule has 2 heterocycles. The Labute approximate surface area is 143 Å². The zero-order valence-electron chi connectivity index (χ0n) is 13.2. The smallest absolute Gasteiger partial charge is 0.389 e. The molecule has 24 heavy (non-hydrogen) atoms. The number of anilines is 3. The summed E-state index contributed by atoms with van der Waals surface area (Å²) in [7, 11) is 0. The molecule has 0 aliphatic rings. The average Bonchev–Trinajstić information content (AvgIpc) is 2.96. The summed E-state index contributed by atoms with van der Waals surface area (Å²) in [5.74, 6) is 0.213. The topological polar surface area (TPSA) is 76.1 Å². The van der Waals surface area contributed by atoms with Crippen LogP contribution < -0.4 is 15.4 Å². The molecule has 122 valence electrons. The lowest BCUT2D eigenvalue weighted by Crippen LogP contribution is -2.18.